The third-order valence-corrected chi connectivity index (χ3v) is 7.15. The first-order valence-electron chi connectivity index (χ1n) is 13.7. The average molecular weight is 532 g/mol. The lowest BCUT2D eigenvalue weighted by Crippen LogP contribution is -2.38. The van der Waals surface area contributed by atoms with Gasteiger partial charge in [0.25, 0.3) is 0 Å². The zero-order chi connectivity index (χ0) is 28.2. The summed E-state index contributed by atoms with van der Waals surface area (Å²) in [6, 6.07) is 0. The second kappa shape index (κ2) is 15.6. The molecule has 0 spiro atoms. The molecule has 1 fully saturated rings. The first kappa shape index (κ1) is 31.5. The normalized spacial score (nSPS) is 15.2. The third-order valence-electron chi connectivity index (χ3n) is 7.15. The van der Waals surface area contributed by atoms with E-state index in [1.165, 1.54) is 6.92 Å². The summed E-state index contributed by atoms with van der Waals surface area (Å²) in [5.74, 6) is -0.148. The van der Waals surface area contributed by atoms with Crippen LogP contribution in [0.4, 0.5) is 0 Å². The van der Waals surface area contributed by atoms with E-state index in [1.54, 1.807) is 7.11 Å². The quantitative estimate of drug-likeness (QED) is 0.145. The highest BCUT2D eigenvalue weighted by Gasteiger charge is 2.27. The van der Waals surface area contributed by atoms with Crippen molar-refractivity contribution in [3.05, 3.63) is 33.9 Å². The van der Waals surface area contributed by atoms with Gasteiger partial charge < -0.3 is 18.9 Å². The van der Waals surface area contributed by atoms with Crippen LogP contribution in [0.1, 0.15) is 80.9 Å². The van der Waals surface area contributed by atoms with Crippen LogP contribution in [0.2, 0.25) is 0 Å². The molecule has 38 heavy (non-hydrogen) atoms. The number of methoxy groups -OCH3 is 1. The van der Waals surface area contributed by atoms with Gasteiger partial charge in [-0.25, -0.2) is 0 Å². The number of carbonyl (C=O) groups is 3. The molecule has 0 saturated carbocycles. The largest absolute Gasteiger partial charge is 0.496 e. The van der Waals surface area contributed by atoms with Crippen LogP contribution in [0.5, 0.6) is 11.5 Å². The first-order chi connectivity index (χ1) is 18.1. The van der Waals surface area contributed by atoms with Gasteiger partial charge in [0.05, 0.1) is 31.8 Å². The number of nitrogens with zero attached hydrogens (tertiary/aromatic N) is 1. The highest BCUT2D eigenvalue weighted by atomic mass is 16.5. The van der Waals surface area contributed by atoms with Crippen molar-refractivity contribution in [1.82, 2.24) is 4.90 Å². The maximum Gasteiger partial charge on any atom is 0.314 e. The summed E-state index contributed by atoms with van der Waals surface area (Å²) in [5.41, 5.74) is 3.79. The summed E-state index contributed by atoms with van der Waals surface area (Å²) in [6.07, 6.45) is 4.46. The van der Waals surface area contributed by atoms with Gasteiger partial charge in [-0.3, -0.25) is 19.3 Å². The number of ether oxygens (including phenoxy) is 4. The van der Waals surface area contributed by atoms with E-state index < -0.39 is 0 Å². The minimum atomic E-state index is -0.371. The van der Waals surface area contributed by atoms with E-state index in [9.17, 15) is 14.4 Å². The standard InChI is InChI=1S/C30H45NO7/c1-8-21(4)30(34)38-29-25(28(35-7)22(5)24(9-2)27(29)23(6)32)12-10-20(3)11-13-26(33)37-19-16-31-14-17-36-18-15-31/h10,21H,8-9,11-19H2,1-7H3/b20-10+. The molecule has 1 unspecified atom stereocenters. The number of morpholine rings is 1. The number of hydrogen-bond donors (Lipinski definition) is 0. The number of ketones is 1. The zero-order valence-corrected chi connectivity index (χ0v) is 24.2. The Morgan fingerprint density at radius 3 is 2.32 bits per heavy atom. The SMILES string of the molecule is CCc1c(C)c(OC)c(C/C=C(\C)CCC(=O)OCCN2CCOCC2)c(OC(=O)C(C)CC)c1C(C)=O. The van der Waals surface area contributed by atoms with E-state index in [0.717, 1.165) is 43.0 Å². The first-order valence-corrected chi connectivity index (χ1v) is 13.7. The van der Waals surface area contributed by atoms with Crippen molar-refractivity contribution in [2.24, 2.45) is 5.92 Å². The second-order valence-electron chi connectivity index (χ2n) is 9.89. The fraction of sp³-hybridized carbons (Fsp3) is 0.633. The highest BCUT2D eigenvalue weighted by molar-refractivity contribution is 6.00. The summed E-state index contributed by atoms with van der Waals surface area (Å²) in [4.78, 5) is 40.1. The fourth-order valence-corrected chi connectivity index (χ4v) is 4.56. The topological polar surface area (TPSA) is 91.4 Å². The Balaban J connectivity index is 2.19. The van der Waals surface area contributed by atoms with Crippen LogP contribution in [0.25, 0.3) is 0 Å². The Bertz CT molecular complexity index is 1010. The van der Waals surface area contributed by atoms with Crippen molar-refractivity contribution in [2.45, 2.75) is 73.6 Å². The molecule has 8 heteroatoms. The van der Waals surface area contributed by atoms with Crippen molar-refractivity contribution >= 4 is 17.7 Å². The molecule has 0 radical (unpaired) electrons. The molecule has 1 atom stereocenters. The van der Waals surface area contributed by atoms with Crippen molar-refractivity contribution in [1.29, 1.82) is 0 Å². The molecule has 1 heterocycles. The Labute approximate surface area is 227 Å². The summed E-state index contributed by atoms with van der Waals surface area (Å²) in [6.45, 7) is 15.3. The molecule has 1 aliphatic heterocycles. The molecule has 0 aromatic heterocycles. The van der Waals surface area contributed by atoms with Gasteiger partial charge in [0, 0.05) is 31.6 Å². The van der Waals surface area contributed by atoms with Crippen LogP contribution in [0.15, 0.2) is 11.6 Å². The van der Waals surface area contributed by atoms with Crippen LogP contribution >= 0.6 is 0 Å². The van der Waals surface area contributed by atoms with Crippen molar-refractivity contribution < 1.29 is 33.3 Å². The second-order valence-corrected chi connectivity index (χ2v) is 9.89. The van der Waals surface area contributed by atoms with Crippen LogP contribution in [-0.2, 0) is 31.9 Å². The number of esters is 2. The Morgan fingerprint density at radius 1 is 1.05 bits per heavy atom. The number of carbonyl (C=O) groups excluding carboxylic acids is 3. The summed E-state index contributed by atoms with van der Waals surface area (Å²) >= 11 is 0. The predicted octanol–water partition coefficient (Wildman–Crippen LogP) is 4.86. The van der Waals surface area contributed by atoms with Gasteiger partial charge in [0.15, 0.2) is 5.78 Å². The van der Waals surface area contributed by atoms with Crippen molar-refractivity contribution in [3.63, 3.8) is 0 Å². The average Bonchev–Trinajstić information content (AvgIpc) is 2.91. The lowest BCUT2D eigenvalue weighted by molar-refractivity contribution is -0.144. The highest BCUT2D eigenvalue weighted by Crippen LogP contribution is 2.41. The van der Waals surface area contributed by atoms with Gasteiger partial charge in [-0.1, -0.05) is 32.4 Å². The summed E-state index contributed by atoms with van der Waals surface area (Å²) in [7, 11) is 1.59. The predicted molar refractivity (Wildman–Crippen MR) is 147 cm³/mol. The molecule has 212 valence electrons. The molecule has 1 aromatic carbocycles. The van der Waals surface area contributed by atoms with Gasteiger partial charge >= 0.3 is 11.9 Å². The van der Waals surface area contributed by atoms with E-state index in [1.807, 2.05) is 40.7 Å². The van der Waals surface area contributed by atoms with E-state index in [0.29, 0.717) is 55.7 Å². The molecule has 0 N–H and O–H groups in total. The summed E-state index contributed by atoms with van der Waals surface area (Å²) in [5, 5.41) is 0. The number of allylic oxidation sites excluding steroid dienone is 2. The number of Topliss-reactive ketones (excluding diaryl/α,β-unsaturated/α-hetero) is 1. The van der Waals surface area contributed by atoms with Crippen LogP contribution in [0.3, 0.4) is 0 Å². The fourth-order valence-electron chi connectivity index (χ4n) is 4.56. The molecule has 1 aromatic rings. The van der Waals surface area contributed by atoms with Crippen LogP contribution in [-0.4, -0.2) is 69.2 Å². The minimum Gasteiger partial charge on any atom is -0.496 e. The zero-order valence-electron chi connectivity index (χ0n) is 24.2. The smallest absolute Gasteiger partial charge is 0.314 e. The molecule has 0 bridgehead atoms. The minimum absolute atomic E-state index is 0.152. The van der Waals surface area contributed by atoms with Crippen molar-refractivity contribution in [3.8, 4) is 11.5 Å². The van der Waals surface area contributed by atoms with Gasteiger partial charge in [-0.05, 0) is 57.6 Å². The van der Waals surface area contributed by atoms with Gasteiger partial charge in [-0.15, -0.1) is 0 Å². The lowest BCUT2D eigenvalue weighted by Gasteiger charge is -2.26. The van der Waals surface area contributed by atoms with Gasteiger partial charge in [-0.2, -0.15) is 0 Å². The number of hydrogen-bond acceptors (Lipinski definition) is 8. The van der Waals surface area contributed by atoms with Crippen molar-refractivity contribution in [2.75, 3.05) is 46.6 Å². The van der Waals surface area contributed by atoms with E-state index in [-0.39, 0.29) is 35.8 Å². The molecular formula is C30H45NO7. The van der Waals surface area contributed by atoms with Crippen LogP contribution < -0.4 is 9.47 Å². The molecule has 2 rings (SSSR count). The monoisotopic (exact) mass is 531 g/mol. The molecule has 0 aliphatic carbocycles. The molecular weight excluding hydrogens is 486 g/mol. The summed E-state index contributed by atoms with van der Waals surface area (Å²) < 4.78 is 22.4. The molecule has 8 nitrogen and oxygen atoms in total. The molecule has 0 amide bonds. The number of benzene rings is 1. The van der Waals surface area contributed by atoms with Gasteiger partial charge in [0.2, 0.25) is 0 Å². The third kappa shape index (κ3) is 8.67. The van der Waals surface area contributed by atoms with E-state index in [4.69, 9.17) is 18.9 Å². The maximum absolute atomic E-state index is 12.8. The van der Waals surface area contributed by atoms with E-state index >= 15 is 0 Å². The number of rotatable bonds is 14. The Morgan fingerprint density at radius 2 is 1.74 bits per heavy atom. The van der Waals surface area contributed by atoms with E-state index in [2.05, 4.69) is 4.90 Å². The maximum atomic E-state index is 12.8. The van der Waals surface area contributed by atoms with Crippen LogP contribution in [0, 0.1) is 12.8 Å². The molecule has 1 saturated heterocycles. The van der Waals surface area contributed by atoms with Gasteiger partial charge in [0.1, 0.15) is 18.1 Å². The lowest BCUT2D eigenvalue weighted by atomic mass is 9.90. The Hall–Kier alpha value is -2.71. The Kier molecular flexibility index (Phi) is 13.0. The molecule has 1 aliphatic rings.